The van der Waals surface area contributed by atoms with Gasteiger partial charge in [-0.15, -0.1) is 0 Å². The van der Waals surface area contributed by atoms with E-state index < -0.39 is 5.60 Å². The Balaban J connectivity index is 2.25. The molecule has 0 radical (unpaired) electrons. The molecule has 2 rings (SSSR count). The summed E-state index contributed by atoms with van der Waals surface area (Å²) in [5.74, 6) is 0. The molecule has 94 valence electrons. The number of nitrogens with one attached hydrogen (secondary N) is 1. The van der Waals surface area contributed by atoms with Gasteiger partial charge in [0.1, 0.15) is 0 Å². The summed E-state index contributed by atoms with van der Waals surface area (Å²) in [4.78, 5) is 2.29. The van der Waals surface area contributed by atoms with Crippen LogP contribution in [0.15, 0.2) is 24.3 Å². The minimum Gasteiger partial charge on any atom is -0.387 e. The molecule has 0 amide bonds. The van der Waals surface area contributed by atoms with Crippen LogP contribution in [0.25, 0.3) is 0 Å². The van der Waals surface area contributed by atoms with Gasteiger partial charge in [-0.1, -0.05) is 25.1 Å². The molecular formula is C14H22N2O. The van der Waals surface area contributed by atoms with E-state index in [1.807, 2.05) is 6.92 Å². The Kier molecular flexibility index (Phi) is 3.69. The van der Waals surface area contributed by atoms with Crippen LogP contribution in [0.2, 0.25) is 0 Å². The third-order valence-electron chi connectivity index (χ3n) is 3.31. The molecule has 0 aromatic heterocycles. The number of hydrogen-bond acceptors (Lipinski definition) is 3. The smallest absolute Gasteiger partial charge is 0.0917 e. The summed E-state index contributed by atoms with van der Waals surface area (Å²) in [5, 5.41) is 13.5. The van der Waals surface area contributed by atoms with Gasteiger partial charge in [0, 0.05) is 31.9 Å². The maximum absolute atomic E-state index is 10.2. The molecule has 1 aromatic rings. The van der Waals surface area contributed by atoms with E-state index in [1.54, 1.807) is 0 Å². The highest BCUT2D eigenvalue weighted by Gasteiger charge is 2.27. The van der Waals surface area contributed by atoms with Crippen LogP contribution in [0.4, 0.5) is 5.69 Å². The van der Waals surface area contributed by atoms with Gasteiger partial charge in [0.15, 0.2) is 0 Å². The number of hydrogen-bond donors (Lipinski definition) is 2. The molecule has 1 aliphatic rings. The van der Waals surface area contributed by atoms with E-state index in [-0.39, 0.29) is 0 Å². The predicted molar refractivity (Wildman–Crippen MR) is 71.5 cm³/mol. The SMILES string of the molecule is CCc1ccccc1N1CCNCC(C)(O)C1. The first-order chi connectivity index (χ1) is 8.12. The summed E-state index contributed by atoms with van der Waals surface area (Å²) in [6, 6.07) is 8.47. The first kappa shape index (κ1) is 12.4. The zero-order chi connectivity index (χ0) is 12.3. The molecule has 0 spiro atoms. The minimum absolute atomic E-state index is 0.655. The lowest BCUT2D eigenvalue weighted by atomic mass is 10.0. The lowest BCUT2D eigenvalue weighted by Gasteiger charge is -2.31. The predicted octanol–water partition coefficient (Wildman–Crippen LogP) is 1.41. The van der Waals surface area contributed by atoms with Crippen LogP contribution in [0, 0.1) is 0 Å². The summed E-state index contributed by atoms with van der Waals surface area (Å²) in [6.07, 6.45) is 1.03. The van der Waals surface area contributed by atoms with E-state index in [0.717, 1.165) is 19.5 Å². The summed E-state index contributed by atoms with van der Waals surface area (Å²) in [6.45, 7) is 7.30. The molecule has 2 N–H and O–H groups in total. The molecule has 3 heteroatoms. The van der Waals surface area contributed by atoms with Crippen molar-refractivity contribution in [3.8, 4) is 0 Å². The number of rotatable bonds is 2. The van der Waals surface area contributed by atoms with E-state index in [2.05, 4.69) is 41.4 Å². The molecule has 1 unspecified atom stereocenters. The normalized spacial score (nSPS) is 25.7. The van der Waals surface area contributed by atoms with Crippen molar-refractivity contribution < 1.29 is 5.11 Å². The van der Waals surface area contributed by atoms with Gasteiger partial charge in [-0.05, 0) is 25.0 Å². The number of nitrogens with zero attached hydrogens (tertiary/aromatic N) is 1. The number of aliphatic hydroxyl groups is 1. The number of anilines is 1. The van der Waals surface area contributed by atoms with Crippen molar-refractivity contribution in [1.29, 1.82) is 0 Å². The average molecular weight is 234 g/mol. The van der Waals surface area contributed by atoms with Gasteiger partial charge in [-0.2, -0.15) is 0 Å². The molecule has 1 aliphatic heterocycles. The third kappa shape index (κ3) is 2.99. The maximum Gasteiger partial charge on any atom is 0.0917 e. The standard InChI is InChI=1S/C14H22N2O/c1-3-12-6-4-5-7-13(12)16-9-8-15-10-14(2,17)11-16/h4-7,15,17H,3,8-11H2,1-2H3. The fraction of sp³-hybridized carbons (Fsp3) is 0.571. The second-order valence-corrected chi connectivity index (χ2v) is 5.08. The summed E-state index contributed by atoms with van der Waals surface area (Å²) < 4.78 is 0. The Morgan fingerprint density at radius 2 is 2.18 bits per heavy atom. The second kappa shape index (κ2) is 5.07. The first-order valence-electron chi connectivity index (χ1n) is 6.38. The lowest BCUT2D eigenvalue weighted by molar-refractivity contribution is 0.0729. The molecule has 1 fully saturated rings. The molecule has 1 saturated heterocycles. The van der Waals surface area contributed by atoms with Gasteiger partial charge < -0.3 is 15.3 Å². The maximum atomic E-state index is 10.2. The van der Waals surface area contributed by atoms with Crippen molar-refractivity contribution in [3.05, 3.63) is 29.8 Å². The molecule has 0 bridgehead atoms. The van der Waals surface area contributed by atoms with Crippen molar-refractivity contribution in [2.24, 2.45) is 0 Å². The average Bonchev–Trinajstić information content (AvgIpc) is 2.50. The summed E-state index contributed by atoms with van der Waals surface area (Å²) in [5.41, 5.74) is 1.96. The van der Waals surface area contributed by atoms with Crippen molar-refractivity contribution in [2.75, 3.05) is 31.1 Å². The highest BCUT2D eigenvalue weighted by Crippen LogP contribution is 2.23. The molecule has 0 saturated carbocycles. The molecule has 1 aromatic carbocycles. The van der Waals surface area contributed by atoms with Crippen molar-refractivity contribution in [3.63, 3.8) is 0 Å². The van der Waals surface area contributed by atoms with Crippen LogP contribution >= 0.6 is 0 Å². The fourth-order valence-electron chi connectivity index (χ4n) is 2.44. The van der Waals surface area contributed by atoms with Gasteiger partial charge in [0.25, 0.3) is 0 Å². The van der Waals surface area contributed by atoms with Crippen LogP contribution in [0.5, 0.6) is 0 Å². The van der Waals surface area contributed by atoms with E-state index in [1.165, 1.54) is 11.3 Å². The Labute approximate surface area is 103 Å². The van der Waals surface area contributed by atoms with E-state index in [4.69, 9.17) is 0 Å². The number of aryl methyl sites for hydroxylation is 1. The van der Waals surface area contributed by atoms with Crippen LogP contribution in [-0.2, 0) is 6.42 Å². The zero-order valence-corrected chi connectivity index (χ0v) is 10.7. The monoisotopic (exact) mass is 234 g/mol. The van der Waals surface area contributed by atoms with Crippen molar-refractivity contribution in [2.45, 2.75) is 25.9 Å². The number of para-hydroxylation sites is 1. The third-order valence-corrected chi connectivity index (χ3v) is 3.31. The summed E-state index contributed by atoms with van der Waals surface area (Å²) >= 11 is 0. The van der Waals surface area contributed by atoms with Crippen LogP contribution in [0.1, 0.15) is 19.4 Å². The molecule has 17 heavy (non-hydrogen) atoms. The number of β-amino-alcohol motifs (C(OH)–C–C–N with tert-alkyl or cyclic N) is 1. The van der Waals surface area contributed by atoms with Gasteiger partial charge in [0.2, 0.25) is 0 Å². The fourth-order valence-corrected chi connectivity index (χ4v) is 2.44. The van der Waals surface area contributed by atoms with E-state index >= 15 is 0 Å². The van der Waals surface area contributed by atoms with E-state index in [0.29, 0.717) is 13.1 Å². The highest BCUT2D eigenvalue weighted by molar-refractivity contribution is 5.54. The molecular weight excluding hydrogens is 212 g/mol. The van der Waals surface area contributed by atoms with Crippen LogP contribution in [-0.4, -0.2) is 36.9 Å². The van der Waals surface area contributed by atoms with Gasteiger partial charge >= 0.3 is 0 Å². The molecule has 1 heterocycles. The van der Waals surface area contributed by atoms with Crippen LogP contribution in [0.3, 0.4) is 0 Å². The van der Waals surface area contributed by atoms with Gasteiger partial charge in [0.05, 0.1) is 5.60 Å². The van der Waals surface area contributed by atoms with Crippen molar-refractivity contribution in [1.82, 2.24) is 5.32 Å². The minimum atomic E-state index is -0.655. The highest BCUT2D eigenvalue weighted by atomic mass is 16.3. The van der Waals surface area contributed by atoms with E-state index in [9.17, 15) is 5.11 Å². The molecule has 3 nitrogen and oxygen atoms in total. The largest absolute Gasteiger partial charge is 0.387 e. The zero-order valence-electron chi connectivity index (χ0n) is 10.7. The second-order valence-electron chi connectivity index (χ2n) is 5.08. The Bertz CT molecular complexity index is 376. The quantitative estimate of drug-likeness (QED) is 0.812. The first-order valence-corrected chi connectivity index (χ1v) is 6.38. The van der Waals surface area contributed by atoms with Crippen molar-refractivity contribution >= 4 is 5.69 Å². The summed E-state index contributed by atoms with van der Waals surface area (Å²) in [7, 11) is 0. The Hall–Kier alpha value is -1.06. The molecule has 1 atom stereocenters. The molecule has 0 aliphatic carbocycles. The topological polar surface area (TPSA) is 35.5 Å². The lowest BCUT2D eigenvalue weighted by Crippen LogP contribution is -2.43. The van der Waals surface area contributed by atoms with Gasteiger partial charge in [-0.25, -0.2) is 0 Å². The van der Waals surface area contributed by atoms with Gasteiger partial charge in [-0.3, -0.25) is 0 Å². The number of benzene rings is 1. The Morgan fingerprint density at radius 3 is 2.94 bits per heavy atom. The Morgan fingerprint density at radius 1 is 1.41 bits per heavy atom. The van der Waals surface area contributed by atoms with Crippen LogP contribution < -0.4 is 10.2 Å².